The SMILES string of the molecule is Cc1nn(-c2ccccc2)nc1C(=O)OCC(=O)Nc1ccc(C(F)(F)F)cc1[N+](=O)[O-]. The van der Waals surface area contributed by atoms with Crippen molar-refractivity contribution in [3.05, 3.63) is 75.6 Å². The highest BCUT2D eigenvalue weighted by Gasteiger charge is 2.33. The number of nitro groups is 1. The zero-order valence-electron chi connectivity index (χ0n) is 16.3. The third-order valence-corrected chi connectivity index (χ3v) is 4.09. The molecule has 0 atom stereocenters. The van der Waals surface area contributed by atoms with Gasteiger partial charge in [0.25, 0.3) is 11.6 Å². The highest BCUT2D eigenvalue weighted by molar-refractivity contribution is 5.96. The first-order valence-corrected chi connectivity index (χ1v) is 8.88. The number of halogens is 3. The predicted octanol–water partition coefficient (Wildman–Crippen LogP) is 3.30. The van der Waals surface area contributed by atoms with Crippen molar-refractivity contribution in [3.63, 3.8) is 0 Å². The summed E-state index contributed by atoms with van der Waals surface area (Å²) in [7, 11) is 0. The lowest BCUT2D eigenvalue weighted by atomic mass is 10.1. The van der Waals surface area contributed by atoms with Gasteiger partial charge in [0.2, 0.25) is 0 Å². The fourth-order valence-corrected chi connectivity index (χ4v) is 2.59. The van der Waals surface area contributed by atoms with Gasteiger partial charge in [-0.3, -0.25) is 14.9 Å². The number of aryl methyl sites for hydroxylation is 1. The van der Waals surface area contributed by atoms with Gasteiger partial charge in [-0.1, -0.05) is 18.2 Å². The van der Waals surface area contributed by atoms with Crippen LogP contribution in [0.3, 0.4) is 0 Å². The maximum absolute atomic E-state index is 12.8. The lowest BCUT2D eigenvalue weighted by Gasteiger charge is -2.10. The molecule has 3 rings (SSSR count). The Morgan fingerprint density at radius 1 is 1.16 bits per heavy atom. The quantitative estimate of drug-likeness (QED) is 0.347. The average molecular weight is 449 g/mol. The number of hydrogen-bond acceptors (Lipinski definition) is 7. The van der Waals surface area contributed by atoms with E-state index in [-0.39, 0.29) is 11.4 Å². The molecule has 166 valence electrons. The summed E-state index contributed by atoms with van der Waals surface area (Å²) in [5, 5.41) is 21.2. The van der Waals surface area contributed by atoms with E-state index >= 15 is 0 Å². The standard InChI is InChI=1S/C19H14F3N5O5/c1-11-17(25-26(24-11)13-5-3-2-4-6-13)18(29)32-10-16(28)23-14-8-7-12(19(20,21)22)9-15(14)27(30)31/h2-9H,10H2,1H3,(H,23,28). The molecule has 1 heterocycles. The fraction of sp³-hybridized carbons (Fsp3) is 0.158. The zero-order chi connectivity index (χ0) is 23.5. The zero-order valence-corrected chi connectivity index (χ0v) is 16.3. The first-order valence-electron chi connectivity index (χ1n) is 8.88. The van der Waals surface area contributed by atoms with Crippen LogP contribution in [-0.4, -0.2) is 38.4 Å². The number of anilines is 1. The number of aromatic nitrogens is 3. The Morgan fingerprint density at radius 3 is 2.47 bits per heavy atom. The third kappa shape index (κ3) is 5.06. The summed E-state index contributed by atoms with van der Waals surface area (Å²) >= 11 is 0. The number of hydrogen-bond donors (Lipinski definition) is 1. The van der Waals surface area contributed by atoms with E-state index in [0.717, 1.165) is 6.07 Å². The van der Waals surface area contributed by atoms with Crippen molar-refractivity contribution in [3.8, 4) is 5.69 Å². The Hall–Kier alpha value is -4.29. The summed E-state index contributed by atoms with van der Waals surface area (Å²) in [6, 6.07) is 10.3. The number of benzene rings is 2. The maximum Gasteiger partial charge on any atom is 0.416 e. The first kappa shape index (κ1) is 22.4. The molecule has 0 bridgehead atoms. The number of nitrogens with zero attached hydrogens (tertiary/aromatic N) is 4. The van der Waals surface area contributed by atoms with Gasteiger partial charge in [-0.05, 0) is 31.2 Å². The highest BCUT2D eigenvalue weighted by Crippen LogP contribution is 2.34. The van der Waals surface area contributed by atoms with Crippen LogP contribution in [0.5, 0.6) is 0 Å². The molecule has 0 radical (unpaired) electrons. The van der Waals surface area contributed by atoms with Crippen molar-refractivity contribution < 1.29 is 32.4 Å². The summed E-state index contributed by atoms with van der Waals surface area (Å²) in [6.07, 6.45) is -4.79. The van der Waals surface area contributed by atoms with E-state index in [2.05, 4.69) is 15.5 Å². The van der Waals surface area contributed by atoms with Gasteiger partial charge >= 0.3 is 12.1 Å². The minimum absolute atomic E-state index is 0.151. The van der Waals surface area contributed by atoms with Gasteiger partial charge in [0, 0.05) is 6.07 Å². The minimum Gasteiger partial charge on any atom is -0.451 e. The second-order valence-electron chi connectivity index (χ2n) is 6.37. The number of nitrogens with one attached hydrogen (secondary N) is 1. The third-order valence-electron chi connectivity index (χ3n) is 4.09. The fourth-order valence-electron chi connectivity index (χ4n) is 2.59. The van der Waals surface area contributed by atoms with Gasteiger partial charge in [-0.25, -0.2) is 4.79 Å². The van der Waals surface area contributed by atoms with E-state index in [9.17, 15) is 32.9 Å². The molecule has 0 aliphatic carbocycles. The van der Waals surface area contributed by atoms with Crippen LogP contribution in [0.25, 0.3) is 5.69 Å². The lowest BCUT2D eigenvalue weighted by molar-refractivity contribution is -0.384. The average Bonchev–Trinajstić information content (AvgIpc) is 3.13. The topological polar surface area (TPSA) is 129 Å². The van der Waals surface area contributed by atoms with E-state index in [0.29, 0.717) is 17.8 Å². The molecule has 0 unspecified atom stereocenters. The van der Waals surface area contributed by atoms with Crippen LogP contribution in [-0.2, 0) is 15.7 Å². The number of alkyl halides is 3. The van der Waals surface area contributed by atoms with Gasteiger partial charge in [-0.2, -0.15) is 23.1 Å². The molecule has 0 fully saturated rings. The van der Waals surface area contributed by atoms with E-state index < -0.39 is 46.5 Å². The van der Waals surface area contributed by atoms with Crippen molar-refractivity contribution in [2.75, 3.05) is 11.9 Å². The molecule has 0 spiro atoms. The molecule has 1 N–H and O–H groups in total. The lowest BCUT2D eigenvalue weighted by Crippen LogP contribution is -2.22. The summed E-state index contributed by atoms with van der Waals surface area (Å²) in [6.45, 7) is 0.656. The molecule has 1 amide bonds. The van der Waals surface area contributed by atoms with Crippen LogP contribution in [0, 0.1) is 17.0 Å². The van der Waals surface area contributed by atoms with Crippen molar-refractivity contribution in [2.45, 2.75) is 13.1 Å². The van der Waals surface area contributed by atoms with Crippen molar-refractivity contribution in [1.82, 2.24) is 15.0 Å². The van der Waals surface area contributed by atoms with Gasteiger partial charge in [0.1, 0.15) is 5.69 Å². The molecule has 13 heteroatoms. The molecule has 0 saturated carbocycles. The Bertz CT molecular complexity index is 1180. The van der Waals surface area contributed by atoms with E-state index in [1.54, 1.807) is 30.3 Å². The Labute approximate surface area is 177 Å². The molecule has 1 aromatic heterocycles. The normalized spacial score (nSPS) is 11.1. The van der Waals surface area contributed by atoms with Crippen LogP contribution in [0.2, 0.25) is 0 Å². The van der Waals surface area contributed by atoms with Crippen molar-refractivity contribution >= 4 is 23.3 Å². The first-order chi connectivity index (χ1) is 15.1. The summed E-state index contributed by atoms with van der Waals surface area (Å²) in [5.41, 5.74) is -2.01. The Morgan fingerprint density at radius 2 is 1.84 bits per heavy atom. The number of ether oxygens (including phenoxy) is 1. The smallest absolute Gasteiger partial charge is 0.416 e. The maximum atomic E-state index is 12.8. The predicted molar refractivity (Wildman–Crippen MR) is 103 cm³/mol. The molecule has 0 saturated heterocycles. The van der Waals surface area contributed by atoms with E-state index in [4.69, 9.17) is 4.74 Å². The number of rotatable bonds is 6. The van der Waals surface area contributed by atoms with Gasteiger partial charge in [0.05, 0.1) is 21.9 Å². The second-order valence-corrected chi connectivity index (χ2v) is 6.37. The molecular formula is C19H14F3N5O5. The minimum atomic E-state index is -4.79. The van der Waals surface area contributed by atoms with Crippen LogP contribution >= 0.6 is 0 Å². The molecule has 0 aliphatic rings. The monoisotopic (exact) mass is 449 g/mol. The van der Waals surface area contributed by atoms with E-state index in [1.165, 1.54) is 11.7 Å². The molecular weight excluding hydrogens is 435 g/mol. The molecule has 0 aliphatic heterocycles. The van der Waals surface area contributed by atoms with Crippen LogP contribution in [0.4, 0.5) is 24.5 Å². The number of carbonyl (C=O) groups excluding carboxylic acids is 2. The van der Waals surface area contributed by atoms with Crippen molar-refractivity contribution in [2.24, 2.45) is 0 Å². The molecule has 2 aromatic carbocycles. The number of amides is 1. The molecule has 3 aromatic rings. The highest BCUT2D eigenvalue weighted by atomic mass is 19.4. The Kier molecular flexibility index (Phi) is 6.18. The number of esters is 1. The number of para-hydroxylation sites is 1. The van der Waals surface area contributed by atoms with Crippen LogP contribution in [0.15, 0.2) is 48.5 Å². The molecule has 32 heavy (non-hydrogen) atoms. The van der Waals surface area contributed by atoms with Crippen LogP contribution < -0.4 is 5.32 Å². The largest absolute Gasteiger partial charge is 0.451 e. The number of carbonyl (C=O) groups is 2. The van der Waals surface area contributed by atoms with Gasteiger partial charge in [0.15, 0.2) is 12.3 Å². The Balaban J connectivity index is 1.67. The number of nitro benzene ring substituents is 1. The summed E-state index contributed by atoms with van der Waals surface area (Å²) < 4.78 is 43.1. The van der Waals surface area contributed by atoms with Crippen LogP contribution in [0.1, 0.15) is 21.7 Å². The summed E-state index contributed by atoms with van der Waals surface area (Å²) in [4.78, 5) is 35.5. The van der Waals surface area contributed by atoms with Gasteiger partial charge in [-0.15, -0.1) is 5.10 Å². The molecule has 10 nitrogen and oxygen atoms in total. The van der Waals surface area contributed by atoms with Gasteiger partial charge < -0.3 is 10.1 Å². The van der Waals surface area contributed by atoms with Crippen molar-refractivity contribution in [1.29, 1.82) is 0 Å². The summed E-state index contributed by atoms with van der Waals surface area (Å²) in [5.74, 6) is -1.96. The second kappa shape index (κ2) is 8.83. The van der Waals surface area contributed by atoms with E-state index in [1.807, 2.05) is 0 Å².